The lowest BCUT2D eigenvalue weighted by atomic mass is 9.85. The average Bonchev–Trinajstić information content (AvgIpc) is 3.37. The highest BCUT2D eigenvalue weighted by molar-refractivity contribution is 5.93. The minimum absolute atomic E-state index is 0.0718. The quantitative estimate of drug-likeness (QED) is 0.239. The lowest BCUT2D eigenvalue weighted by Crippen LogP contribution is -2.24. The Bertz CT molecular complexity index is 1720. The van der Waals surface area contributed by atoms with Gasteiger partial charge in [-0.1, -0.05) is 45.4 Å². The number of benzene rings is 2. The third-order valence-electron chi connectivity index (χ3n) is 7.78. The van der Waals surface area contributed by atoms with Crippen molar-refractivity contribution >= 4 is 22.8 Å². The highest BCUT2D eigenvalue weighted by atomic mass is 19.1. The minimum atomic E-state index is -0.917. The number of hydrogen-bond donors (Lipinski definition) is 2. The normalized spacial score (nSPS) is 12.0. The number of aryl methyl sites for hydroxylation is 4. The predicted molar refractivity (Wildman–Crippen MR) is 170 cm³/mol. The summed E-state index contributed by atoms with van der Waals surface area (Å²) in [6, 6.07) is 10.6. The van der Waals surface area contributed by atoms with Crippen LogP contribution < -0.4 is 11.3 Å². The number of primary amides is 1. The number of pyridine rings is 2. The van der Waals surface area contributed by atoms with Crippen LogP contribution >= 0.6 is 0 Å². The zero-order valence-electron chi connectivity index (χ0n) is 26.2. The second-order valence-electron chi connectivity index (χ2n) is 10.3. The highest BCUT2D eigenvalue weighted by Crippen LogP contribution is 2.41. The summed E-state index contributed by atoms with van der Waals surface area (Å²) in [6.07, 6.45) is 2.84. The molecule has 0 saturated heterocycles. The molecule has 3 N–H and O–H groups in total. The molecular weight excluding hydrogens is 545 g/mol. The molecule has 0 saturated carbocycles. The van der Waals surface area contributed by atoms with E-state index in [9.17, 15) is 18.8 Å². The molecule has 0 unspecified atom stereocenters. The maximum atomic E-state index is 14.5. The number of rotatable bonds is 4. The zero-order valence-corrected chi connectivity index (χ0v) is 26.2. The van der Waals surface area contributed by atoms with E-state index in [1.807, 2.05) is 66.7 Å². The van der Waals surface area contributed by atoms with Crippen LogP contribution in [0.3, 0.4) is 0 Å². The molecule has 3 heterocycles. The van der Waals surface area contributed by atoms with Gasteiger partial charge in [-0.3, -0.25) is 14.4 Å². The van der Waals surface area contributed by atoms with Crippen molar-refractivity contribution in [2.45, 2.75) is 87.1 Å². The first kappa shape index (κ1) is 33.2. The Kier molecular flexibility index (Phi) is 11.0. The molecule has 0 spiro atoms. The molecule has 7 nitrogen and oxygen atoms in total. The number of hydrogen-bond acceptors (Lipinski definition) is 4. The third-order valence-corrected chi connectivity index (χ3v) is 7.78. The topological polar surface area (TPSA) is 115 Å². The lowest BCUT2D eigenvalue weighted by Gasteiger charge is -2.21. The number of halogens is 1. The number of carboxylic acid groups (broad SMARTS) is 1. The van der Waals surface area contributed by atoms with E-state index in [0.29, 0.717) is 28.8 Å². The summed E-state index contributed by atoms with van der Waals surface area (Å²) in [6.45, 7) is 14.1. The summed E-state index contributed by atoms with van der Waals surface area (Å²) in [5.41, 5.74) is 14.0. The average molecular weight is 588 g/mol. The van der Waals surface area contributed by atoms with Gasteiger partial charge in [0.2, 0.25) is 5.91 Å². The van der Waals surface area contributed by atoms with E-state index in [2.05, 4.69) is 0 Å². The molecule has 6 rings (SSSR count). The van der Waals surface area contributed by atoms with Crippen LogP contribution in [-0.4, -0.2) is 26.5 Å². The van der Waals surface area contributed by atoms with Crippen LogP contribution in [0.1, 0.15) is 89.8 Å². The standard InChI is InChI=1S/C23H21FN2O3.C8H9NO.2C2H6/c1-11-8-19-22-16(10-26(19)23(29)13(11)6-7-20(27)28)15-5-3-4-14-12(2)17(24)9-18(25-22)21(14)15;1-6-2-4-7(5-3-6)8(9)10;2*1-2/h8-9H,3-7,10H2,1-2H3,(H,27,28);2-5H,1H3,(H2,9,10);2*1-2H3. The third kappa shape index (κ3) is 6.69. The van der Waals surface area contributed by atoms with Crippen LogP contribution in [0, 0.1) is 26.6 Å². The molecule has 4 aromatic rings. The molecule has 0 bridgehead atoms. The molecule has 0 fully saturated rings. The van der Waals surface area contributed by atoms with E-state index in [-0.39, 0.29) is 30.1 Å². The van der Waals surface area contributed by atoms with Gasteiger partial charge < -0.3 is 15.4 Å². The molecule has 8 heteroatoms. The van der Waals surface area contributed by atoms with E-state index in [1.165, 1.54) is 11.6 Å². The Balaban J connectivity index is 0.000000305. The van der Waals surface area contributed by atoms with Crippen LogP contribution in [0.25, 0.3) is 22.3 Å². The van der Waals surface area contributed by atoms with Gasteiger partial charge >= 0.3 is 5.97 Å². The van der Waals surface area contributed by atoms with E-state index in [0.717, 1.165) is 58.3 Å². The predicted octanol–water partition coefficient (Wildman–Crippen LogP) is 6.83. The molecule has 228 valence electrons. The highest BCUT2D eigenvalue weighted by Gasteiger charge is 2.30. The fourth-order valence-corrected chi connectivity index (χ4v) is 5.68. The molecule has 2 aliphatic rings. The van der Waals surface area contributed by atoms with Crippen molar-refractivity contribution in [1.29, 1.82) is 0 Å². The zero-order chi connectivity index (χ0) is 32.0. The van der Waals surface area contributed by atoms with Crippen LogP contribution in [-0.2, 0) is 30.6 Å². The van der Waals surface area contributed by atoms with Gasteiger partial charge in [-0.15, -0.1) is 0 Å². The number of nitrogens with two attached hydrogens (primary N) is 1. The summed E-state index contributed by atoms with van der Waals surface area (Å²) >= 11 is 0. The number of carbonyl (C=O) groups is 2. The monoisotopic (exact) mass is 587 g/mol. The van der Waals surface area contributed by atoms with Crippen molar-refractivity contribution < 1.29 is 19.1 Å². The summed E-state index contributed by atoms with van der Waals surface area (Å²) in [7, 11) is 0. The van der Waals surface area contributed by atoms with Gasteiger partial charge in [0.05, 0.1) is 23.4 Å². The van der Waals surface area contributed by atoms with Crippen LogP contribution in [0.5, 0.6) is 0 Å². The number of aromatic nitrogens is 2. The molecule has 0 atom stereocenters. The lowest BCUT2D eigenvalue weighted by molar-refractivity contribution is -0.136. The number of aliphatic carboxylic acids is 1. The van der Waals surface area contributed by atoms with E-state index in [4.69, 9.17) is 15.8 Å². The first-order valence-electron chi connectivity index (χ1n) is 15.0. The van der Waals surface area contributed by atoms with Gasteiger partial charge in [0.1, 0.15) is 5.82 Å². The molecular formula is C35H42FN3O4. The van der Waals surface area contributed by atoms with Gasteiger partial charge in [0.15, 0.2) is 0 Å². The van der Waals surface area contributed by atoms with Crippen molar-refractivity contribution in [3.8, 4) is 11.4 Å². The maximum absolute atomic E-state index is 14.5. The van der Waals surface area contributed by atoms with Crippen molar-refractivity contribution in [3.63, 3.8) is 0 Å². The summed E-state index contributed by atoms with van der Waals surface area (Å²) in [5.74, 6) is -1.52. The molecule has 2 aromatic carbocycles. The molecule has 1 aliphatic heterocycles. The SMILES string of the molecule is CC.CC.Cc1cc2n(c(=O)c1CCC(=O)O)Cc1c-2nc2cc(F)c(C)c3c2c1CCC3.Cc1ccc(C(N)=O)cc1. The van der Waals surface area contributed by atoms with Crippen molar-refractivity contribution in [2.24, 2.45) is 5.73 Å². The van der Waals surface area contributed by atoms with Crippen LogP contribution in [0.2, 0.25) is 0 Å². The first-order valence-corrected chi connectivity index (χ1v) is 15.0. The fraction of sp³-hybridized carbons (Fsp3) is 0.371. The first-order chi connectivity index (χ1) is 20.6. The molecule has 1 amide bonds. The minimum Gasteiger partial charge on any atom is -0.481 e. The summed E-state index contributed by atoms with van der Waals surface area (Å²) in [5, 5.41) is 10.0. The van der Waals surface area contributed by atoms with Gasteiger partial charge in [-0.05, 0) is 86.9 Å². The number of carboxylic acids is 1. The van der Waals surface area contributed by atoms with Crippen LogP contribution in [0.15, 0.2) is 41.2 Å². The van der Waals surface area contributed by atoms with Crippen molar-refractivity contribution in [3.05, 3.63) is 97.1 Å². The summed E-state index contributed by atoms with van der Waals surface area (Å²) < 4.78 is 16.2. The van der Waals surface area contributed by atoms with Gasteiger partial charge in [-0.25, -0.2) is 9.37 Å². The van der Waals surface area contributed by atoms with Crippen molar-refractivity contribution in [1.82, 2.24) is 9.55 Å². The Morgan fingerprint density at radius 3 is 2.21 bits per heavy atom. The smallest absolute Gasteiger partial charge is 0.303 e. The van der Waals surface area contributed by atoms with E-state index < -0.39 is 5.97 Å². The second kappa shape index (κ2) is 14.2. The Labute approximate surface area is 252 Å². The summed E-state index contributed by atoms with van der Waals surface area (Å²) in [4.78, 5) is 39.4. The number of nitrogens with zero attached hydrogens (tertiary/aromatic N) is 2. The fourth-order valence-electron chi connectivity index (χ4n) is 5.68. The van der Waals surface area contributed by atoms with Gasteiger partial charge in [0, 0.05) is 34.6 Å². The molecule has 2 aromatic heterocycles. The second-order valence-corrected chi connectivity index (χ2v) is 10.3. The molecule has 1 aliphatic carbocycles. The Morgan fingerprint density at radius 2 is 1.60 bits per heavy atom. The Hall–Kier alpha value is -4.33. The number of fused-ring (bicyclic) bond motifs is 4. The molecule has 43 heavy (non-hydrogen) atoms. The molecule has 0 radical (unpaired) electrons. The van der Waals surface area contributed by atoms with Crippen LogP contribution in [0.4, 0.5) is 4.39 Å². The van der Waals surface area contributed by atoms with Gasteiger partial charge in [-0.2, -0.15) is 0 Å². The van der Waals surface area contributed by atoms with E-state index >= 15 is 0 Å². The maximum Gasteiger partial charge on any atom is 0.303 e. The largest absolute Gasteiger partial charge is 0.481 e. The Morgan fingerprint density at radius 1 is 0.977 bits per heavy atom. The van der Waals surface area contributed by atoms with Gasteiger partial charge in [0.25, 0.3) is 5.56 Å². The number of carbonyl (C=O) groups excluding carboxylic acids is 1. The van der Waals surface area contributed by atoms with E-state index in [1.54, 1.807) is 16.7 Å². The number of amides is 1. The van der Waals surface area contributed by atoms with Crippen molar-refractivity contribution in [2.75, 3.05) is 0 Å².